The fourth-order valence-corrected chi connectivity index (χ4v) is 9.48. The molecule has 1 N–H and O–H groups in total. The minimum absolute atomic E-state index is 0.0240. The number of Topliss-reactive ketones (excluding diaryl/α,β-unsaturated/α-hetero) is 2. The fraction of sp³-hybridized carbons (Fsp3) is 0.824. The van der Waals surface area contributed by atoms with Gasteiger partial charge in [-0.15, -0.1) is 0 Å². The highest BCUT2D eigenvalue weighted by Gasteiger charge is 2.63. The Hall–Kier alpha value is -2.00. The number of rotatable bonds is 8. The van der Waals surface area contributed by atoms with E-state index in [4.69, 9.17) is 4.84 Å². The summed E-state index contributed by atoms with van der Waals surface area (Å²) in [4.78, 5) is 44.8. The highest BCUT2D eigenvalue weighted by atomic mass is 16.6. The molecule has 0 bridgehead atoms. The van der Waals surface area contributed by atoms with Gasteiger partial charge in [-0.2, -0.15) is 5.26 Å². The smallest absolute Gasteiger partial charge is 0.250 e. The Labute approximate surface area is 243 Å². The van der Waals surface area contributed by atoms with E-state index in [1.807, 2.05) is 19.9 Å². The van der Waals surface area contributed by atoms with Crippen LogP contribution < -0.4 is 5.48 Å². The predicted octanol–water partition coefficient (Wildman–Crippen LogP) is 7.38. The first-order chi connectivity index (χ1) is 18.2. The van der Waals surface area contributed by atoms with E-state index < -0.39 is 16.2 Å². The first-order valence-corrected chi connectivity index (χ1v) is 15.2. The number of ketones is 2. The van der Waals surface area contributed by atoms with E-state index in [1.165, 1.54) is 7.11 Å². The molecule has 6 heteroatoms. The lowest BCUT2D eigenvalue weighted by Crippen LogP contribution is -2.60. The van der Waals surface area contributed by atoms with E-state index in [1.54, 1.807) is 6.92 Å². The molecule has 1 amide bonds. The number of hydrogen-bond donors (Lipinski definition) is 1. The van der Waals surface area contributed by atoms with E-state index in [2.05, 4.69) is 60.0 Å². The van der Waals surface area contributed by atoms with Crippen molar-refractivity contribution in [1.29, 1.82) is 5.26 Å². The van der Waals surface area contributed by atoms with E-state index in [0.29, 0.717) is 6.42 Å². The number of amides is 1. The number of nitrogens with zero attached hydrogens (tertiary/aromatic N) is 1. The molecule has 40 heavy (non-hydrogen) atoms. The maximum absolute atomic E-state index is 13.6. The first-order valence-electron chi connectivity index (χ1n) is 15.2. The second-order valence-electron chi connectivity index (χ2n) is 16.0. The largest absolute Gasteiger partial charge is 0.300 e. The quantitative estimate of drug-likeness (QED) is 0.316. The summed E-state index contributed by atoms with van der Waals surface area (Å²) in [6, 6.07) is 2.19. The average molecular weight is 555 g/mol. The number of allylic oxidation sites excluding steroid dienone is 2. The van der Waals surface area contributed by atoms with E-state index >= 15 is 0 Å². The van der Waals surface area contributed by atoms with Crippen LogP contribution in [-0.4, -0.2) is 24.6 Å². The molecule has 3 aliphatic rings. The van der Waals surface area contributed by atoms with Crippen molar-refractivity contribution in [3.63, 3.8) is 0 Å². The second kappa shape index (κ2) is 10.7. The van der Waals surface area contributed by atoms with Crippen LogP contribution in [0.1, 0.15) is 121 Å². The Kier molecular flexibility index (Phi) is 8.68. The number of carbonyl (C=O) groups is 3. The molecule has 2 unspecified atom stereocenters. The van der Waals surface area contributed by atoms with E-state index in [-0.39, 0.29) is 57.0 Å². The minimum atomic E-state index is -0.665. The molecule has 3 rings (SSSR count). The highest BCUT2D eigenvalue weighted by molar-refractivity contribution is 6.04. The third kappa shape index (κ3) is 5.21. The Morgan fingerprint density at radius 1 is 1.12 bits per heavy atom. The van der Waals surface area contributed by atoms with Gasteiger partial charge in [0.25, 0.3) is 0 Å². The van der Waals surface area contributed by atoms with Gasteiger partial charge < -0.3 is 4.79 Å². The molecule has 224 valence electrons. The van der Waals surface area contributed by atoms with E-state index in [9.17, 15) is 19.6 Å². The van der Waals surface area contributed by atoms with Crippen molar-refractivity contribution in [3.8, 4) is 6.07 Å². The summed E-state index contributed by atoms with van der Waals surface area (Å²) >= 11 is 0. The first kappa shape index (κ1) is 32.5. The molecule has 6 nitrogen and oxygen atoms in total. The molecule has 0 aliphatic heterocycles. The van der Waals surface area contributed by atoms with Crippen LogP contribution in [0.25, 0.3) is 0 Å². The average Bonchev–Trinajstić information content (AvgIpc) is 2.83. The molecule has 0 heterocycles. The van der Waals surface area contributed by atoms with Crippen LogP contribution in [0.2, 0.25) is 0 Å². The maximum Gasteiger partial charge on any atom is 0.250 e. The molecule has 0 aromatic carbocycles. The minimum Gasteiger partial charge on any atom is -0.300 e. The standard InChI is InChI=1S/C34H54N2O4/c1-22-19-29(3,4)14-16-34(22,28(39)36-40-11)17-15-30(5,6)33(10)13-12-25-31(7,8)27(38)24(21-35)20-32(25,9)26(33)18-23(2)37/h20,22,25-26H,12-19H2,1-11H3,(H,36,39)/t22?,25?,26-,32+,33-,34+/m1/s1. The number of nitriles is 1. The van der Waals surface area contributed by atoms with Crippen LogP contribution >= 0.6 is 0 Å². The van der Waals surface area contributed by atoms with Crippen LogP contribution in [0, 0.1) is 61.6 Å². The van der Waals surface area contributed by atoms with Gasteiger partial charge in [-0.25, -0.2) is 5.48 Å². The Morgan fingerprint density at radius 3 is 2.27 bits per heavy atom. The van der Waals surface area contributed by atoms with Gasteiger partial charge in [0.2, 0.25) is 5.91 Å². The van der Waals surface area contributed by atoms with Gasteiger partial charge in [-0.3, -0.25) is 14.4 Å². The normalized spacial score (nSPS) is 37.1. The summed E-state index contributed by atoms with van der Waals surface area (Å²) < 4.78 is 0. The lowest BCUT2D eigenvalue weighted by atomic mass is 9.39. The number of fused-ring (bicyclic) bond motifs is 1. The van der Waals surface area contributed by atoms with Gasteiger partial charge >= 0.3 is 0 Å². The van der Waals surface area contributed by atoms with Crippen molar-refractivity contribution < 1.29 is 19.2 Å². The summed E-state index contributed by atoms with van der Waals surface area (Å²) in [5.74, 6) is 0.258. The number of carbonyl (C=O) groups excluding carboxylic acids is 3. The zero-order valence-electron chi connectivity index (χ0n) is 27.0. The zero-order chi connectivity index (χ0) is 30.5. The molecule has 0 aromatic heterocycles. The van der Waals surface area contributed by atoms with Gasteiger partial charge in [-0.1, -0.05) is 68.4 Å². The Bertz CT molecular complexity index is 1110. The summed E-state index contributed by atoms with van der Waals surface area (Å²) in [6.07, 6.45) is 8.46. The molecule has 3 aliphatic carbocycles. The molecule has 0 aromatic rings. The molecule has 6 atom stereocenters. The Morgan fingerprint density at radius 2 is 1.75 bits per heavy atom. The van der Waals surface area contributed by atoms with Crippen LogP contribution in [0.15, 0.2) is 11.6 Å². The van der Waals surface area contributed by atoms with Gasteiger partial charge in [0, 0.05) is 11.8 Å². The highest BCUT2D eigenvalue weighted by Crippen LogP contribution is 2.68. The molecular weight excluding hydrogens is 500 g/mol. The van der Waals surface area contributed by atoms with Crippen molar-refractivity contribution >= 4 is 17.5 Å². The van der Waals surface area contributed by atoms with Crippen LogP contribution in [0.3, 0.4) is 0 Å². The van der Waals surface area contributed by atoms with Gasteiger partial charge in [-0.05, 0) is 91.3 Å². The van der Waals surface area contributed by atoms with Gasteiger partial charge in [0.1, 0.15) is 11.9 Å². The molecule has 0 spiro atoms. The third-order valence-electron chi connectivity index (χ3n) is 12.4. The molecule has 0 saturated heterocycles. The van der Waals surface area contributed by atoms with Gasteiger partial charge in [0.05, 0.1) is 18.1 Å². The zero-order valence-corrected chi connectivity index (χ0v) is 27.0. The summed E-state index contributed by atoms with van der Waals surface area (Å²) in [5.41, 5.74) is 1.03. The van der Waals surface area contributed by atoms with Crippen molar-refractivity contribution in [1.82, 2.24) is 5.48 Å². The molecule has 2 fully saturated rings. The molecular formula is C34H54N2O4. The second-order valence-corrected chi connectivity index (χ2v) is 16.0. The number of hydroxylamine groups is 1. The SMILES string of the molecule is CONC(=O)[C@]1(CCC(C)(C)[C@]2(C)CCC3C(C)(C)C(=O)C(C#N)=C[C@]3(C)[C@H]2CC(C)=O)CCC(C)(C)CC1C. The predicted molar refractivity (Wildman–Crippen MR) is 158 cm³/mol. The monoisotopic (exact) mass is 554 g/mol. The fourth-order valence-electron chi connectivity index (χ4n) is 9.48. The summed E-state index contributed by atoms with van der Waals surface area (Å²) in [5, 5.41) is 9.92. The topological polar surface area (TPSA) is 96.3 Å². The van der Waals surface area contributed by atoms with Crippen molar-refractivity contribution in [3.05, 3.63) is 11.6 Å². The third-order valence-corrected chi connectivity index (χ3v) is 12.4. The lowest BCUT2D eigenvalue weighted by molar-refractivity contribution is -0.159. The number of hydrogen-bond acceptors (Lipinski definition) is 5. The van der Waals surface area contributed by atoms with Crippen molar-refractivity contribution in [2.75, 3.05) is 7.11 Å². The maximum atomic E-state index is 13.6. The van der Waals surface area contributed by atoms with Gasteiger partial charge in [0.15, 0.2) is 5.78 Å². The van der Waals surface area contributed by atoms with Crippen LogP contribution in [0.4, 0.5) is 0 Å². The van der Waals surface area contributed by atoms with Crippen molar-refractivity contribution in [2.45, 2.75) is 121 Å². The summed E-state index contributed by atoms with van der Waals surface area (Å²) in [7, 11) is 1.50. The Balaban J connectivity index is 2.05. The van der Waals surface area contributed by atoms with E-state index in [0.717, 1.165) is 44.9 Å². The molecule has 0 radical (unpaired) electrons. The van der Waals surface area contributed by atoms with Crippen molar-refractivity contribution in [2.24, 2.45) is 50.2 Å². The lowest BCUT2D eigenvalue weighted by Gasteiger charge is -2.64. The summed E-state index contributed by atoms with van der Waals surface area (Å²) in [6.45, 7) is 21.5. The molecule has 2 saturated carbocycles. The number of nitrogens with one attached hydrogen (secondary N) is 1. The van der Waals surface area contributed by atoms with Crippen LogP contribution in [-0.2, 0) is 19.2 Å². The van der Waals surface area contributed by atoms with Crippen LogP contribution in [0.5, 0.6) is 0 Å².